The van der Waals surface area contributed by atoms with Gasteiger partial charge in [-0.05, 0) is 0 Å². The molecule has 17 heteroatoms. The third-order valence-electron chi connectivity index (χ3n) is 6.38. The first kappa shape index (κ1) is 37.0. The molecule has 5 unspecified atom stereocenters. The summed E-state index contributed by atoms with van der Waals surface area (Å²) in [6.45, 7) is 10.9. The van der Waals surface area contributed by atoms with E-state index in [4.69, 9.17) is 38.5 Å². The summed E-state index contributed by atoms with van der Waals surface area (Å²) in [5, 5.41) is 3.32. The van der Waals surface area contributed by atoms with Crippen LogP contribution in [0.25, 0.3) is 17.1 Å². The molecule has 2 aromatic rings. The van der Waals surface area contributed by atoms with Gasteiger partial charge in [0.2, 0.25) is 5.91 Å². The number of phosphoric acid groups is 1. The number of fused-ring (bicyclic) bond motifs is 1. The van der Waals surface area contributed by atoms with Crippen LogP contribution in [0.15, 0.2) is 68.7 Å². The number of nitrogens with two attached hydrogens (primary N) is 1. The normalized spacial score (nSPS) is 20.2. The maximum Gasteiger partial charge on any atom is 0.472 e. The van der Waals surface area contributed by atoms with Crippen LogP contribution in [-0.4, -0.2) is 98.0 Å². The molecular weight excluding hydrogens is 620 g/mol. The van der Waals surface area contributed by atoms with Crippen LogP contribution in [0.3, 0.4) is 0 Å². The Morgan fingerprint density at radius 1 is 1.22 bits per heavy atom. The molecule has 0 saturated carbocycles. The molecule has 0 radical (unpaired) electrons. The fraction of sp³-hybridized carbons (Fsp3) is 0.414. The van der Waals surface area contributed by atoms with Crippen molar-refractivity contribution in [3.8, 4) is 0 Å². The topological polar surface area (TPSA) is 188 Å². The highest BCUT2D eigenvalue weighted by atomic mass is 31.2. The second-order valence-electron chi connectivity index (χ2n) is 9.73. The van der Waals surface area contributed by atoms with E-state index in [2.05, 4.69) is 35.0 Å². The minimum atomic E-state index is -4.39. The molecule has 0 aliphatic carbocycles. The highest BCUT2D eigenvalue weighted by Crippen LogP contribution is 2.45. The van der Waals surface area contributed by atoms with E-state index in [0.717, 1.165) is 0 Å². The number of hydrogen-bond donors (Lipinski definition) is 3. The van der Waals surface area contributed by atoms with Crippen molar-refractivity contribution in [3.63, 3.8) is 0 Å². The Balaban J connectivity index is 1.71. The number of hydrogen-bond acceptors (Lipinski definition) is 12. The quantitative estimate of drug-likeness (QED) is 0.0416. The molecule has 15 nitrogen and oxygen atoms in total. The lowest BCUT2D eigenvalue weighted by Gasteiger charge is -2.20. The summed E-state index contributed by atoms with van der Waals surface area (Å²) in [6.07, 6.45) is 12.3. The fourth-order valence-corrected chi connectivity index (χ4v) is 4.98. The van der Waals surface area contributed by atoms with Gasteiger partial charge in [-0.3, -0.25) is 13.8 Å². The predicted molar refractivity (Wildman–Crippen MR) is 174 cm³/mol. The number of carbonyl (C=O) groups excluding carboxylic acids is 1. The van der Waals surface area contributed by atoms with Crippen LogP contribution in [0.4, 0.5) is 5.82 Å². The summed E-state index contributed by atoms with van der Waals surface area (Å²) in [4.78, 5) is 30.8. The first-order valence-electron chi connectivity index (χ1n) is 14.4. The molecule has 0 bridgehead atoms. The molecule has 250 valence electrons. The van der Waals surface area contributed by atoms with Crippen molar-refractivity contribution in [3.05, 3.63) is 74.3 Å². The molecule has 1 aliphatic heterocycles. The van der Waals surface area contributed by atoms with Gasteiger partial charge < -0.3 is 44.2 Å². The van der Waals surface area contributed by atoms with Crippen LogP contribution in [0.2, 0.25) is 0 Å². The first-order chi connectivity index (χ1) is 22.2. The van der Waals surface area contributed by atoms with E-state index >= 15 is 0 Å². The van der Waals surface area contributed by atoms with Crippen LogP contribution < -0.4 is 11.1 Å². The maximum absolute atomic E-state index is 12.4. The van der Waals surface area contributed by atoms with E-state index in [1.165, 1.54) is 18.5 Å². The van der Waals surface area contributed by atoms with E-state index in [1.807, 2.05) is 0 Å². The zero-order valence-electron chi connectivity index (χ0n) is 25.8. The Labute approximate surface area is 268 Å². The SMILES string of the molecule is BC(OCC=C)OCC(=O)NC/C=C/c1cn(C2CC(OCOCC=C)C(COP(=O)(O)OC/C=C/C=C)O2)c2ncnc(N)c12. The van der Waals surface area contributed by atoms with E-state index in [0.29, 0.717) is 29.6 Å². The molecule has 1 aliphatic rings. The molecule has 2 aromatic heterocycles. The molecule has 1 saturated heterocycles. The maximum atomic E-state index is 12.4. The second-order valence-corrected chi connectivity index (χ2v) is 11.2. The Morgan fingerprint density at radius 3 is 2.78 bits per heavy atom. The summed E-state index contributed by atoms with van der Waals surface area (Å²) in [6, 6.07) is 0. The summed E-state index contributed by atoms with van der Waals surface area (Å²) in [7, 11) is -2.69. The van der Waals surface area contributed by atoms with E-state index in [-0.39, 0.29) is 51.5 Å². The minimum absolute atomic E-state index is 0.0596. The standard InChI is InChI=1S/C29H41BN5O10P/c1-4-7-8-14-43-46(37,38)44-17-23-22(42-20-39-12-5-2)15-25(45-23)35-16-21(26-27(31)33-19-34-28(26)35)10-9-11-32-24(36)18-41-29(30)40-13-6-3/h4-10,16,19,22-23,25,29H,1-3,11-15,17-18,20,30H2,(H,32,36)(H,37,38)(H2,31,33,34)/b8-7+,10-9+. The highest BCUT2D eigenvalue weighted by molar-refractivity contribution is 7.47. The Morgan fingerprint density at radius 2 is 2.02 bits per heavy atom. The van der Waals surface area contributed by atoms with E-state index < -0.39 is 32.4 Å². The number of nitrogen functional groups attached to an aromatic ring is 1. The van der Waals surface area contributed by atoms with Crippen LogP contribution in [0, 0.1) is 0 Å². The van der Waals surface area contributed by atoms with Crippen LogP contribution >= 0.6 is 7.82 Å². The Bertz CT molecular complexity index is 1420. The van der Waals surface area contributed by atoms with Gasteiger partial charge >= 0.3 is 7.82 Å². The molecule has 1 amide bonds. The van der Waals surface area contributed by atoms with Gasteiger partial charge in [-0.25, -0.2) is 14.5 Å². The number of aromatic nitrogens is 3. The predicted octanol–water partition coefficient (Wildman–Crippen LogP) is 1.99. The lowest BCUT2D eigenvalue weighted by atomic mass is 10.1. The van der Waals surface area contributed by atoms with Crippen molar-refractivity contribution in [1.82, 2.24) is 19.9 Å². The summed E-state index contributed by atoms with van der Waals surface area (Å²) in [5.41, 5.74) is 7.41. The van der Waals surface area contributed by atoms with Gasteiger partial charge in [0.1, 0.15) is 49.7 Å². The Kier molecular flexibility index (Phi) is 15.5. The van der Waals surface area contributed by atoms with Crippen molar-refractivity contribution in [2.75, 3.05) is 52.1 Å². The average molecular weight is 661 g/mol. The van der Waals surface area contributed by atoms with Gasteiger partial charge in [0.05, 0.1) is 37.9 Å². The van der Waals surface area contributed by atoms with Crippen LogP contribution in [-0.2, 0) is 42.1 Å². The van der Waals surface area contributed by atoms with E-state index in [1.54, 1.807) is 49.0 Å². The van der Waals surface area contributed by atoms with Gasteiger partial charge in [0.15, 0.2) is 7.85 Å². The average Bonchev–Trinajstić information content (AvgIpc) is 3.62. The number of allylic oxidation sites excluding steroid dienone is 2. The first-order valence-corrected chi connectivity index (χ1v) is 15.9. The number of carbonyl (C=O) groups is 1. The van der Waals surface area contributed by atoms with Crippen LogP contribution in [0.5, 0.6) is 0 Å². The van der Waals surface area contributed by atoms with Gasteiger partial charge in [0.25, 0.3) is 0 Å². The number of rotatable bonds is 22. The Hall–Kier alpha value is -3.44. The third-order valence-corrected chi connectivity index (χ3v) is 7.33. The molecule has 3 heterocycles. The molecule has 0 aromatic carbocycles. The van der Waals surface area contributed by atoms with Gasteiger partial charge in [-0.1, -0.05) is 49.1 Å². The summed E-state index contributed by atoms with van der Waals surface area (Å²) < 4.78 is 52.5. The lowest BCUT2D eigenvalue weighted by Crippen LogP contribution is -2.30. The molecule has 4 N–H and O–H groups in total. The molecule has 3 rings (SSSR count). The van der Waals surface area contributed by atoms with Crippen molar-refractivity contribution in [2.45, 2.75) is 31.0 Å². The summed E-state index contributed by atoms with van der Waals surface area (Å²) in [5.74, 6) is -0.0625. The van der Waals surface area contributed by atoms with E-state index in [9.17, 15) is 14.3 Å². The van der Waals surface area contributed by atoms with Crippen molar-refractivity contribution in [1.29, 1.82) is 0 Å². The number of nitrogens with one attached hydrogen (secondary N) is 1. The molecule has 1 fully saturated rings. The molecule has 5 atom stereocenters. The monoisotopic (exact) mass is 661 g/mol. The minimum Gasteiger partial charge on any atom is -0.383 e. The number of nitrogens with zero attached hydrogens (tertiary/aromatic N) is 3. The molecule has 46 heavy (non-hydrogen) atoms. The lowest BCUT2D eigenvalue weighted by molar-refractivity contribution is -0.135. The summed E-state index contributed by atoms with van der Waals surface area (Å²) >= 11 is 0. The number of anilines is 1. The zero-order chi connectivity index (χ0) is 33.4. The third kappa shape index (κ3) is 11.7. The second kappa shape index (κ2) is 19.3. The van der Waals surface area contributed by atoms with Gasteiger partial charge in [0, 0.05) is 24.7 Å². The van der Waals surface area contributed by atoms with Crippen molar-refractivity contribution >= 4 is 44.5 Å². The number of ether oxygens (including phenoxy) is 5. The molecular formula is C29H41BN5O10P. The molecule has 0 spiro atoms. The zero-order valence-corrected chi connectivity index (χ0v) is 26.7. The largest absolute Gasteiger partial charge is 0.472 e. The van der Waals surface area contributed by atoms with Gasteiger partial charge in [-0.15, -0.1) is 13.2 Å². The van der Waals surface area contributed by atoms with Crippen molar-refractivity contribution in [2.24, 2.45) is 0 Å². The smallest absolute Gasteiger partial charge is 0.383 e. The number of amides is 1. The van der Waals surface area contributed by atoms with Gasteiger partial charge in [-0.2, -0.15) is 0 Å². The van der Waals surface area contributed by atoms with Crippen LogP contribution in [0.1, 0.15) is 18.2 Å². The fourth-order valence-electron chi connectivity index (χ4n) is 4.30. The number of phosphoric ester groups is 1. The highest BCUT2D eigenvalue weighted by Gasteiger charge is 2.40. The van der Waals surface area contributed by atoms with Crippen molar-refractivity contribution < 1.29 is 47.0 Å².